The molecule has 7 heteroatoms. The van der Waals surface area contributed by atoms with E-state index in [-0.39, 0.29) is 5.91 Å². The first kappa shape index (κ1) is 16.1. The average molecular weight is 350 g/mol. The molecule has 0 radical (unpaired) electrons. The normalized spacial score (nSPS) is 11.2. The second-order valence-corrected chi connectivity index (χ2v) is 6.10. The zero-order valence-corrected chi connectivity index (χ0v) is 14.8. The molecule has 3 aromatic heterocycles. The van der Waals surface area contributed by atoms with Crippen LogP contribution in [0.15, 0.2) is 47.0 Å². The molecule has 132 valence electrons. The molecule has 0 saturated carbocycles. The Morgan fingerprint density at radius 2 is 2.12 bits per heavy atom. The molecule has 0 aliphatic carbocycles. The molecule has 4 aromatic rings. The summed E-state index contributed by atoms with van der Waals surface area (Å²) in [5.74, 6) is 1.82. The number of nitrogens with zero attached hydrogens (tertiary/aromatic N) is 4. The molecule has 26 heavy (non-hydrogen) atoms. The number of amides is 1. The van der Waals surface area contributed by atoms with Crippen molar-refractivity contribution in [3.05, 3.63) is 59.7 Å². The monoisotopic (exact) mass is 350 g/mol. The minimum Gasteiger partial charge on any atom is -0.497 e. The maximum Gasteiger partial charge on any atom is 0.258 e. The number of pyridine rings is 1. The second kappa shape index (κ2) is 6.18. The number of hydrogen-bond donors (Lipinski definition) is 0. The van der Waals surface area contributed by atoms with Crippen molar-refractivity contribution >= 4 is 22.5 Å². The number of benzene rings is 1. The highest BCUT2D eigenvalue weighted by Crippen LogP contribution is 2.30. The lowest BCUT2D eigenvalue weighted by Gasteiger charge is -2.16. The maximum absolute atomic E-state index is 13.1. The van der Waals surface area contributed by atoms with Crippen LogP contribution in [-0.4, -0.2) is 39.6 Å². The Morgan fingerprint density at radius 1 is 1.27 bits per heavy atom. The van der Waals surface area contributed by atoms with Crippen LogP contribution in [-0.2, 0) is 6.54 Å². The quantitative estimate of drug-likeness (QED) is 0.565. The van der Waals surface area contributed by atoms with Crippen LogP contribution in [0.4, 0.5) is 0 Å². The molecule has 0 aliphatic rings. The number of rotatable bonds is 4. The van der Waals surface area contributed by atoms with Crippen molar-refractivity contribution in [1.29, 1.82) is 0 Å². The summed E-state index contributed by atoms with van der Waals surface area (Å²) >= 11 is 0. The molecular formula is C19H18N4O3. The first-order chi connectivity index (χ1) is 12.6. The van der Waals surface area contributed by atoms with Gasteiger partial charge < -0.3 is 14.1 Å². The van der Waals surface area contributed by atoms with Gasteiger partial charge in [-0.3, -0.25) is 9.20 Å². The van der Waals surface area contributed by atoms with Gasteiger partial charge in [-0.1, -0.05) is 6.07 Å². The molecule has 0 N–H and O–H groups in total. The van der Waals surface area contributed by atoms with E-state index in [1.807, 2.05) is 47.0 Å². The molecule has 0 atom stereocenters. The van der Waals surface area contributed by atoms with Crippen molar-refractivity contribution in [2.24, 2.45) is 0 Å². The summed E-state index contributed by atoms with van der Waals surface area (Å²) in [6.45, 7) is 2.13. The predicted octanol–water partition coefficient (Wildman–Crippen LogP) is 3.06. The summed E-state index contributed by atoms with van der Waals surface area (Å²) in [6.07, 6.45) is 1.88. The summed E-state index contributed by atoms with van der Waals surface area (Å²) < 4.78 is 12.9. The largest absolute Gasteiger partial charge is 0.497 e. The smallest absolute Gasteiger partial charge is 0.258 e. The summed E-state index contributed by atoms with van der Waals surface area (Å²) in [6, 6.07) is 11.1. The molecule has 7 nitrogen and oxygen atoms in total. The van der Waals surface area contributed by atoms with E-state index >= 15 is 0 Å². The fourth-order valence-corrected chi connectivity index (χ4v) is 3.07. The number of fused-ring (bicyclic) bond motifs is 2. The first-order valence-corrected chi connectivity index (χ1v) is 8.19. The number of aromatic nitrogens is 3. The average Bonchev–Trinajstić information content (AvgIpc) is 3.20. The molecule has 4 rings (SSSR count). The fraction of sp³-hybridized carbons (Fsp3) is 0.211. The van der Waals surface area contributed by atoms with Crippen molar-refractivity contribution in [2.75, 3.05) is 14.2 Å². The third kappa shape index (κ3) is 2.57. The summed E-state index contributed by atoms with van der Waals surface area (Å²) in [5, 5.41) is 9.05. The van der Waals surface area contributed by atoms with Gasteiger partial charge in [0, 0.05) is 18.6 Å². The van der Waals surface area contributed by atoms with Gasteiger partial charge in [0.1, 0.15) is 17.1 Å². The topological polar surface area (TPSA) is 72.9 Å². The van der Waals surface area contributed by atoms with E-state index in [9.17, 15) is 4.79 Å². The first-order valence-electron chi connectivity index (χ1n) is 8.19. The van der Waals surface area contributed by atoms with Gasteiger partial charge in [0.2, 0.25) is 0 Å². The van der Waals surface area contributed by atoms with E-state index in [4.69, 9.17) is 9.15 Å². The van der Waals surface area contributed by atoms with Crippen molar-refractivity contribution in [3.8, 4) is 5.75 Å². The molecule has 0 unspecified atom stereocenters. The fourth-order valence-electron chi connectivity index (χ4n) is 3.07. The Balaban J connectivity index is 1.68. The molecular weight excluding hydrogens is 332 g/mol. The van der Waals surface area contributed by atoms with Crippen LogP contribution in [0.3, 0.4) is 0 Å². The number of methoxy groups -OCH3 is 1. The Labute approximate surface area is 149 Å². The summed E-state index contributed by atoms with van der Waals surface area (Å²) in [4.78, 5) is 14.7. The lowest BCUT2D eigenvalue weighted by atomic mass is 10.1. The van der Waals surface area contributed by atoms with Crippen molar-refractivity contribution in [1.82, 2.24) is 19.5 Å². The number of aryl methyl sites for hydroxylation is 1. The van der Waals surface area contributed by atoms with Gasteiger partial charge in [-0.05, 0) is 37.3 Å². The molecule has 1 aromatic carbocycles. The third-order valence-corrected chi connectivity index (χ3v) is 4.39. The van der Waals surface area contributed by atoms with Crippen LogP contribution in [0.2, 0.25) is 0 Å². The van der Waals surface area contributed by atoms with Crippen molar-refractivity contribution < 1.29 is 13.9 Å². The standard InChI is InChI=1S/C19H18N4O3/c1-12-18(14-10-13(25-3)7-8-15(14)26-12)19(24)22(2)11-17-21-20-16-6-4-5-9-23(16)17/h4-10H,11H2,1-3H3. The van der Waals surface area contributed by atoms with E-state index in [1.165, 1.54) is 0 Å². The molecule has 0 fully saturated rings. The SMILES string of the molecule is COc1ccc2oc(C)c(C(=O)N(C)Cc3nnc4ccccn34)c2c1. The Hall–Kier alpha value is -3.35. The van der Waals surface area contributed by atoms with E-state index in [0.29, 0.717) is 35.0 Å². The van der Waals surface area contributed by atoms with Gasteiger partial charge in [-0.15, -0.1) is 10.2 Å². The molecule has 0 spiro atoms. The summed E-state index contributed by atoms with van der Waals surface area (Å²) in [5.41, 5.74) is 1.95. The number of carbonyl (C=O) groups is 1. The van der Waals surface area contributed by atoms with Gasteiger partial charge in [-0.25, -0.2) is 0 Å². The Kier molecular flexibility index (Phi) is 3.84. The number of furan rings is 1. The van der Waals surface area contributed by atoms with Crippen LogP contribution < -0.4 is 4.74 Å². The molecule has 0 saturated heterocycles. The Morgan fingerprint density at radius 3 is 2.92 bits per heavy atom. The Bertz CT molecular complexity index is 1110. The van der Waals surface area contributed by atoms with Crippen molar-refractivity contribution in [3.63, 3.8) is 0 Å². The van der Waals surface area contributed by atoms with Gasteiger partial charge >= 0.3 is 0 Å². The summed E-state index contributed by atoms with van der Waals surface area (Å²) in [7, 11) is 3.34. The van der Waals surface area contributed by atoms with Gasteiger partial charge in [0.25, 0.3) is 5.91 Å². The van der Waals surface area contributed by atoms with Gasteiger partial charge in [0.15, 0.2) is 11.5 Å². The highest BCUT2D eigenvalue weighted by atomic mass is 16.5. The lowest BCUT2D eigenvalue weighted by Crippen LogP contribution is -2.27. The minimum absolute atomic E-state index is 0.137. The molecule has 1 amide bonds. The van der Waals surface area contributed by atoms with E-state index in [2.05, 4.69) is 10.2 Å². The zero-order valence-electron chi connectivity index (χ0n) is 14.8. The maximum atomic E-state index is 13.1. The van der Waals surface area contributed by atoms with Crippen LogP contribution in [0.5, 0.6) is 5.75 Å². The van der Waals surface area contributed by atoms with Crippen LogP contribution in [0.25, 0.3) is 16.6 Å². The number of carbonyl (C=O) groups excluding carboxylic acids is 1. The van der Waals surface area contributed by atoms with Crippen LogP contribution >= 0.6 is 0 Å². The van der Waals surface area contributed by atoms with Crippen LogP contribution in [0, 0.1) is 6.92 Å². The molecule has 3 heterocycles. The number of ether oxygens (including phenoxy) is 1. The van der Waals surface area contributed by atoms with Gasteiger partial charge in [0.05, 0.1) is 19.2 Å². The zero-order chi connectivity index (χ0) is 18.3. The van der Waals surface area contributed by atoms with Gasteiger partial charge in [-0.2, -0.15) is 0 Å². The van der Waals surface area contributed by atoms with E-state index in [0.717, 1.165) is 11.0 Å². The molecule has 0 bridgehead atoms. The van der Waals surface area contributed by atoms with E-state index < -0.39 is 0 Å². The van der Waals surface area contributed by atoms with Crippen LogP contribution in [0.1, 0.15) is 21.9 Å². The molecule has 0 aliphatic heterocycles. The highest BCUT2D eigenvalue weighted by molar-refractivity contribution is 6.07. The highest BCUT2D eigenvalue weighted by Gasteiger charge is 2.23. The lowest BCUT2D eigenvalue weighted by molar-refractivity contribution is 0.0781. The minimum atomic E-state index is -0.137. The third-order valence-electron chi connectivity index (χ3n) is 4.39. The predicted molar refractivity (Wildman–Crippen MR) is 96.3 cm³/mol. The van der Waals surface area contributed by atoms with Crippen molar-refractivity contribution in [2.45, 2.75) is 13.5 Å². The number of hydrogen-bond acceptors (Lipinski definition) is 5. The second-order valence-electron chi connectivity index (χ2n) is 6.10. The van der Waals surface area contributed by atoms with E-state index in [1.54, 1.807) is 26.0 Å².